The van der Waals surface area contributed by atoms with Gasteiger partial charge in [0.05, 0.1) is 6.10 Å². The van der Waals surface area contributed by atoms with Crippen LogP contribution in [-0.4, -0.2) is 63.7 Å². The van der Waals surface area contributed by atoms with Gasteiger partial charge in [0.25, 0.3) is 5.85 Å². The van der Waals surface area contributed by atoms with Crippen molar-refractivity contribution in [3.63, 3.8) is 0 Å². The predicted octanol–water partition coefficient (Wildman–Crippen LogP) is 4.64. The maximum atomic E-state index is 15.9. The van der Waals surface area contributed by atoms with Crippen LogP contribution in [0.2, 0.25) is 0 Å². The quantitative estimate of drug-likeness (QED) is 0.192. The number of aromatic nitrogens is 2. The molecule has 1 aliphatic rings. The van der Waals surface area contributed by atoms with Crippen molar-refractivity contribution in [2.45, 2.75) is 56.8 Å². The Bertz CT molecular complexity index is 1300. The van der Waals surface area contributed by atoms with Crippen LogP contribution in [0.1, 0.15) is 27.0 Å². The van der Waals surface area contributed by atoms with Gasteiger partial charge in [-0.25, -0.2) is 17.7 Å². The molecule has 3 rings (SSSR count). The fourth-order valence-electron chi connectivity index (χ4n) is 3.50. The van der Waals surface area contributed by atoms with E-state index >= 15 is 8.78 Å². The van der Waals surface area contributed by atoms with E-state index in [0.717, 1.165) is 10.8 Å². The van der Waals surface area contributed by atoms with Crippen molar-refractivity contribution in [1.29, 1.82) is 0 Å². The van der Waals surface area contributed by atoms with Crippen LogP contribution in [0.15, 0.2) is 42.6 Å². The van der Waals surface area contributed by atoms with Crippen molar-refractivity contribution in [2.75, 3.05) is 13.3 Å². The maximum Gasteiger partial charge on any atom is 0.459 e. The maximum absolute atomic E-state index is 15.9. The minimum atomic E-state index is -4.62. The third kappa shape index (κ3) is 6.71. The van der Waals surface area contributed by atoms with E-state index < -0.39 is 63.0 Å². The highest BCUT2D eigenvalue weighted by Crippen LogP contribution is 2.52. The van der Waals surface area contributed by atoms with Crippen LogP contribution in [0.4, 0.5) is 13.2 Å². The molecular formula is C22H27F3N3O7PS2. The molecule has 0 bridgehead atoms. The van der Waals surface area contributed by atoms with Crippen LogP contribution in [0, 0.1) is 9.41 Å². The number of esters is 1. The molecular weight excluding hydrogens is 570 g/mol. The van der Waals surface area contributed by atoms with Gasteiger partial charge < -0.3 is 24.1 Å². The highest BCUT2D eigenvalue weighted by Gasteiger charge is 2.67. The van der Waals surface area contributed by atoms with Crippen molar-refractivity contribution in [2.24, 2.45) is 0 Å². The standard InChI is InChI=1S/C22H27F3N3O7PS2/c1-13(2)33-17(29)14(3)27-36(31,35-15-7-5-4-6-8-15)32-12-22(25)18(30)21(24,11-23)19(34-22)28-10-9-16(37)26-20(28)38/h4-10,13-14,18-19,30H,11-12H2,1-3H3,(H,27,31)(H,26,37,38)/t14-,18?,19+,21+,22+,36?/m0/s1. The summed E-state index contributed by atoms with van der Waals surface area (Å²) in [5, 5.41) is 12.8. The second-order valence-electron chi connectivity index (χ2n) is 8.75. The second-order valence-corrected chi connectivity index (χ2v) is 11.3. The Morgan fingerprint density at radius 1 is 1.26 bits per heavy atom. The molecule has 1 saturated heterocycles. The van der Waals surface area contributed by atoms with Crippen molar-refractivity contribution in [1.82, 2.24) is 14.6 Å². The summed E-state index contributed by atoms with van der Waals surface area (Å²) in [5.41, 5.74) is -3.32. The fourth-order valence-corrected chi connectivity index (χ4v) is 5.49. The van der Waals surface area contributed by atoms with Gasteiger partial charge >= 0.3 is 13.7 Å². The summed E-state index contributed by atoms with van der Waals surface area (Å²) in [7, 11) is -4.62. The number of aromatic amines is 1. The molecule has 0 saturated carbocycles. The molecule has 210 valence electrons. The molecule has 16 heteroatoms. The number of ether oxygens (including phenoxy) is 2. The van der Waals surface area contributed by atoms with Crippen LogP contribution in [0.25, 0.3) is 0 Å². The number of hydrogen-bond donors (Lipinski definition) is 3. The molecule has 1 aromatic heterocycles. The highest BCUT2D eigenvalue weighted by molar-refractivity contribution is 7.72. The number of H-pyrrole nitrogens is 1. The van der Waals surface area contributed by atoms with Gasteiger partial charge in [-0.05, 0) is 51.2 Å². The summed E-state index contributed by atoms with van der Waals surface area (Å²) >= 11 is 9.98. The number of alkyl halides is 3. The highest BCUT2D eigenvalue weighted by atomic mass is 32.1. The zero-order chi connectivity index (χ0) is 28.3. The molecule has 1 aliphatic heterocycles. The molecule has 2 aromatic rings. The van der Waals surface area contributed by atoms with E-state index in [2.05, 4.69) is 10.1 Å². The average Bonchev–Trinajstić information content (AvgIpc) is 3.05. The third-order valence-corrected chi connectivity index (χ3v) is 7.52. The Hall–Kier alpha value is -2.13. The summed E-state index contributed by atoms with van der Waals surface area (Å²) < 4.78 is 80.6. The molecule has 0 amide bonds. The first-order chi connectivity index (χ1) is 17.7. The minimum absolute atomic E-state index is 0.0147. The Labute approximate surface area is 226 Å². The first kappa shape index (κ1) is 30.4. The number of nitrogens with zero attached hydrogens (tertiary/aromatic N) is 1. The van der Waals surface area contributed by atoms with Crippen LogP contribution >= 0.6 is 32.2 Å². The Morgan fingerprint density at radius 2 is 1.92 bits per heavy atom. The molecule has 1 fully saturated rings. The molecule has 3 N–H and O–H groups in total. The topological polar surface area (TPSA) is 124 Å². The fraction of sp³-hybridized carbons (Fsp3) is 0.500. The van der Waals surface area contributed by atoms with E-state index in [1.807, 2.05) is 0 Å². The van der Waals surface area contributed by atoms with Crippen LogP contribution in [0.5, 0.6) is 5.75 Å². The molecule has 2 unspecified atom stereocenters. The summed E-state index contributed by atoms with van der Waals surface area (Å²) in [5.74, 6) is -4.23. The summed E-state index contributed by atoms with van der Waals surface area (Å²) in [6.07, 6.45) is -4.18. The first-order valence-corrected chi connectivity index (χ1v) is 13.7. The first-order valence-electron chi connectivity index (χ1n) is 11.3. The number of aliphatic hydroxyl groups is 1. The van der Waals surface area contributed by atoms with Crippen LogP contribution in [0.3, 0.4) is 0 Å². The van der Waals surface area contributed by atoms with E-state index in [0.29, 0.717) is 0 Å². The lowest BCUT2D eigenvalue weighted by molar-refractivity contribution is -0.203. The number of hydrogen-bond acceptors (Lipinski definition) is 9. The van der Waals surface area contributed by atoms with Gasteiger partial charge in [-0.1, -0.05) is 30.4 Å². The van der Waals surface area contributed by atoms with Crippen molar-refractivity contribution >= 4 is 38.2 Å². The normalized spacial score (nSPS) is 27.6. The number of carbonyl (C=O) groups excluding carboxylic acids is 1. The lowest BCUT2D eigenvalue weighted by Crippen LogP contribution is -2.50. The number of benzene rings is 1. The zero-order valence-electron chi connectivity index (χ0n) is 20.5. The molecule has 6 atom stereocenters. The smallest absolute Gasteiger partial charge is 0.459 e. The lowest BCUT2D eigenvalue weighted by Gasteiger charge is -2.28. The number of carbonyl (C=O) groups is 1. The Kier molecular flexibility index (Phi) is 9.56. The van der Waals surface area contributed by atoms with Gasteiger partial charge in [-0.15, -0.1) is 0 Å². The number of nitrogens with one attached hydrogen (secondary N) is 2. The number of rotatable bonds is 11. The van der Waals surface area contributed by atoms with Gasteiger partial charge in [0.1, 0.15) is 29.7 Å². The van der Waals surface area contributed by atoms with Crippen LogP contribution in [-0.2, 0) is 23.4 Å². The molecule has 1 aromatic carbocycles. The predicted molar refractivity (Wildman–Crippen MR) is 135 cm³/mol. The molecule has 0 radical (unpaired) electrons. The molecule has 2 heterocycles. The molecule has 10 nitrogen and oxygen atoms in total. The van der Waals surface area contributed by atoms with E-state index in [1.54, 1.807) is 32.0 Å². The van der Waals surface area contributed by atoms with E-state index in [-0.39, 0.29) is 15.2 Å². The van der Waals surface area contributed by atoms with E-state index in [1.165, 1.54) is 25.1 Å². The Morgan fingerprint density at radius 3 is 2.50 bits per heavy atom. The molecule has 38 heavy (non-hydrogen) atoms. The van der Waals surface area contributed by atoms with Gasteiger partial charge in [-0.2, -0.15) is 5.09 Å². The molecule has 0 spiro atoms. The summed E-state index contributed by atoms with van der Waals surface area (Å²) in [4.78, 5) is 14.8. The summed E-state index contributed by atoms with van der Waals surface area (Å²) in [6, 6.07) is 7.58. The van der Waals surface area contributed by atoms with Gasteiger partial charge in [-0.3, -0.25) is 13.9 Å². The Balaban J connectivity index is 1.89. The van der Waals surface area contributed by atoms with E-state index in [9.17, 15) is 18.9 Å². The number of halogens is 3. The second kappa shape index (κ2) is 11.9. The third-order valence-electron chi connectivity index (χ3n) is 5.35. The van der Waals surface area contributed by atoms with Crippen molar-refractivity contribution in [3.05, 3.63) is 52.0 Å². The van der Waals surface area contributed by atoms with Crippen molar-refractivity contribution in [3.8, 4) is 5.75 Å². The SMILES string of the molecule is CC(C)OC(=O)[C@H](C)NP(=O)(OC[C@@]1(F)O[C@@H](n2ccc(=S)[nH]c2=S)[C@@](F)(CF)C1O)Oc1ccccc1. The zero-order valence-corrected chi connectivity index (χ0v) is 23.0. The largest absolute Gasteiger partial charge is 0.462 e. The van der Waals surface area contributed by atoms with Crippen LogP contribution < -0.4 is 9.61 Å². The van der Waals surface area contributed by atoms with E-state index in [4.69, 9.17) is 43.0 Å². The minimum Gasteiger partial charge on any atom is -0.462 e. The average molecular weight is 598 g/mol. The number of para-hydroxylation sites is 1. The van der Waals surface area contributed by atoms with Gasteiger partial charge in [0, 0.05) is 6.20 Å². The van der Waals surface area contributed by atoms with Gasteiger partial charge in [0.2, 0.25) is 5.67 Å². The number of aliphatic hydroxyl groups excluding tert-OH is 1. The van der Waals surface area contributed by atoms with Gasteiger partial charge in [0.15, 0.2) is 17.1 Å². The lowest BCUT2D eigenvalue weighted by atomic mass is 9.96. The molecule has 0 aliphatic carbocycles. The van der Waals surface area contributed by atoms with Crippen molar-refractivity contribution < 1.29 is 46.2 Å². The monoisotopic (exact) mass is 597 g/mol. The summed E-state index contributed by atoms with van der Waals surface area (Å²) in [6.45, 7) is 1.24.